The molecule has 142 valence electrons. The first kappa shape index (κ1) is 18.4. The average molecular weight is 392 g/mol. The van der Waals surface area contributed by atoms with Crippen molar-refractivity contribution in [3.05, 3.63) is 71.8 Å². The predicted molar refractivity (Wildman–Crippen MR) is 117 cm³/mol. The molecule has 4 rings (SSSR count). The molecule has 0 bridgehead atoms. The van der Waals surface area contributed by atoms with Gasteiger partial charge in [0.25, 0.3) is 0 Å². The van der Waals surface area contributed by atoms with E-state index in [-0.39, 0.29) is 0 Å². The molecule has 0 atom stereocenters. The molecule has 0 radical (unpaired) electrons. The Balaban J connectivity index is 1.65. The number of para-hydroxylation sites is 1. The van der Waals surface area contributed by atoms with Crippen LogP contribution in [-0.2, 0) is 6.54 Å². The van der Waals surface area contributed by atoms with E-state index < -0.39 is 0 Å². The van der Waals surface area contributed by atoms with Gasteiger partial charge in [-0.2, -0.15) is 0 Å². The van der Waals surface area contributed by atoms with Crippen molar-refractivity contribution in [2.75, 3.05) is 12.4 Å². The molecule has 0 saturated carbocycles. The van der Waals surface area contributed by atoms with Gasteiger partial charge in [-0.1, -0.05) is 24.6 Å². The monoisotopic (exact) mass is 391 g/mol. The average Bonchev–Trinajstić information content (AvgIpc) is 3.09. The lowest BCUT2D eigenvalue weighted by atomic mass is 10.2. The van der Waals surface area contributed by atoms with Gasteiger partial charge >= 0.3 is 0 Å². The van der Waals surface area contributed by atoms with Gasteiger partial charge in [-0.25, -0.2) is 4.98 Å². The number of fused-ring (bicyclic) bond motifs is 1. The molecular formula is C23H22ClN3O. The molecule has 0 amide bonds. The standard InChI is InChI=1S/C23H22ClN3O/c1-3-15-27-22-20(24)5-4-6-21(22)26-23(27)16-7-9-17(10-8-16)25-18-11-13-19(28-2)14-12-18/h4-14,25H,3,15H2,1-2H3. The summed E-state index contributed by atoms with van der Waals surface area (Å²) in [4.78, 5) is 4.84. The summed E-state index contributed by atoms with van der Waals surface area (Å²) in [6.07, 6.45) is 1.01. The first-order valence-electron chi connectivity index (χ1n) is 9.36. The number of halogens is 1. The Labute approximate surface area is 169 Å². The van der Waals surface area contributed by atoms with Crippen LogP contribution in [0.3, 0.4) is 0 Å². The molecule has 0 saturated heterocycles. The van der Waals surface area contributed by atoms with Crippen LogP contribution in [0, 0.1) is 0 Å². The number of methoxy groups -OCH3 is 1. The molecule has 0 unspecified atom stereocenters. The van der Waals surface area contributed by atoms with E-state index in [4.69, 9.17) is 21.3 Å². The van der Waals surface area contributed by atoms with Crippen LogP contribution in [0.4, 0.5) is 11.4 Å². The molecule has 4 nitrogen and oxygen atoms in total. The molecule has 0 aliphatic rings. The number of hydrogen-bond acceptors (Lipinski definition) is 3. The third kappa shape index (κ3) is 3.56. The summed E-state index contributed by atoms with van der Waals surface area (Å²) < 4.78 is 7.41. The Morgan fingerprint density at radius 3 is 2.29 bits per heavy atom. The van der Waals surface area contributed by atoms with Gasteiger partial charge in [-0.05, 0) is 67.1 Å². The SMILES string of the molecule is CCCn1c(-c2ccc(Nc3ccc(OC)cc3)cc2)nc2cccc(Cl)c21. The van der Waals surface area contributed by atoms with E-state index in [1.54, 1.807) is 7.11 Å². The minimum atomic E-state index is 0.738. The van der Waals surface area contributed by atoms with Crippen LogP contribution in [-0.4, -0.2) is 16.7 Å². The van der Waals surface area contributed by atoms with Crippen LogP contribution >= 0.6 is 11.6 Å². The van der Waals surface area contributed by atoms with E-state index in [1.807, 2.05) is 42.5 Å². The third-order valence-corrected chi connectivity index (χ3v) is 4.99. The van der Waals surface area contributed by atoms with Crippen molar-refractivity contribution >= 4 is 34.0 Å². The normalized spacial score (nSPS) is 11.0. The van der Waals surface area contributed by atoms with E-state index in [1.165, 1.54) is 0 Å². The Bertz CT molecular complexity index is 1090. The lowest BCUT2D eigenvalue weighted by molar-refractivity contribution is 0.415. The molecule has 0 aliphatic heterocycles. The number of aromatic nitrogens is 2. The second-order valence-corrected chi connectivity index (χ2v) is 7.03. The van der Waals surface area contributed by atoms with Crippen LogP contribution in [0.5, 0.6) is 5.75 Å². The van der Waals surface area contributed by atoms with Gasteiger partial charge in [0, 0.05) is 23.5 Å². The second-order valence-electron chi connectivity index (χ2n) is 6.63. The highest BCUT2D eigenvalue weighted by Gasteiger charge is 2.14. The summed E-state index contributed by atoms with van der Waals surface area (Å²) in [6.45, 7) is 3.04. The number of nitrogens with one attached hydrogen (secondary N) is 1. The Morgan fingerprint density at radius 2 is 1.64 bits per heavy atom. The van der Waals surface area contributed by atoms with Crippen molar-refractivity contribution in [2.24, 2.45) is 0 Å². The van der Waals surface area contributed by atoms with Crippen LogP contribution < -0.4 is 10.1 Å². The number of rotatable bonds is 6. The number of anilines is 2. The fourth-order valence-electron chi connectivity index (χ4n) is 3.35. The summed E-state index contributed by atoms with van der Waals surface area (Å²) in [7, 11) is 1.67. The minimum Gasteiger partial charge on any atom is -0.497 e. The maximum absolute atomic E-state index is 6.46. The van der Waals surface area contributed by atoms with Gasteiger partial charge < -0.3 is 14.6 Å². The van der Waals surface area contributed by atoms with E-state index in [9.17, 15) is 0 Å². The fourth-order valence-corrected chi connectivity index (χ4v) is 3.62. The summed E-state index contributed by atoms with van der Waals surface area (Å²) in [5.41, 5.74) is 5.03. The molecule has 0 aliphatic carbocycles. The van der Waals surface area contributed by atoms with Crippen LogP contribution in [0.15, 0.2) is 66.7 Å². The topological polar surface area (TPSA) is 39.1 Å². The minimum absolute atomic E-state index is 0.738. The Morgan fingerprint density at radius 1 is 0.964 bits per heavy atom. The zero-order chi connectivity index (χ0) is 19.5. The quantitative estimate of drug-likeness (QED) is 0.406. The first-order valence-corrected chi connectivity index (χ1v) is 9.73. The summed E-state index contributed by atoms with van der Waals surface area (Å²) >= 11 is 6.46. The van der Waals surface area contributed by atoms with Gasteiger partial charge in [0.05, 0.1) is 23.2 Å². The number of imidazole rings is 1. The van der Waals surface area contributed by atoms with Gasteiger partial charge in [-0.3, -0.25) is 0 Å². The van der Waals surface area contributed by atoms with E-state index in [2.05, 4.69) is 41.1 Å². The van der Waals surface area contributed by atoms with E-state index in [0.29, 0.717) is 0 Å². The molecule has 1 N–H and O–H groups in total. The van der Waals surface area contributed by atoms with Crippen molar-refractivity contribution in [3.8, 4) is 17.1 Å². The maximum Gasteiger partial charge on any atom is 0.141 e. The predicted octanol–water partition coefficient (Wildman–Crippen LogP) is 6.52. The molecule has 5 heteroatoms. The molecule has 1 aromatic heterocycles. The molecule has 0 spiro atoms. The van der Waals surface area contributed by atoms with E-state index in [0.717, 1.165) is 57.5 Å². The summed E-state index contributed by atoms with van der Waals surface area (Å²) in [6, 6.07) is 22.1. The molecule has 4 aromatic rings. The maximum atomic E-state index is 6.46. The second kappa shape index (κ2) is 7.95. The van der Waals surface area contributed by atoms with Crippen LogP contribution in [0.1, 0.15) is 13.3 Å². The molecule has 3 aromatic carbocycles. The van der Waals surface area contributed by atoms with Crippen molar-refractivity contribution < 1.29 is 4.74 Å². The summed E-state index contributed by atoms with van der Waals surface area (Å²) in [5, 5.41) is 4.14. The smallest absolute Gasteiger partial charge is 0.141 e. The Kier molecular flexibility index (Phi) is 5.22. The molecular weight excluding hydrogens is 370 g/mol. The third-order valence-electron chi connectivity index (χ3n) is 4.69. The van der Waals surface area contributed by atoms with Gasteiger partial charge in [0.2, 0.25) is 0 Å². The number of hydrogen-bond donors (Lipinski definition) is 1. The number of aryl methyl sites for hydroxylation is 1. The van der Waals surface area contributed by atoms with Crippen molar-refractivity contribution in [1.29, 1.82) is 0 Å². The zero-order valence-corrected chi connectivity index (χ0v) is 16.7. The van der Waals surface area contributed by atoms with Gasteiger partial charge in [-0.15, -0.1) is 0 Å². The van der Waals surface area contributed by atoms with Crippen LogP contribution in [0.2, 0.25) is 5.02 Å². The highest BCUT2D eigenvalue weighted by Crippen LogP contribution is 2.31. The summed E-state index contributed by atoms with van der Waals surface area (Å²) in [5.74, 6) is 1.79. The number of benzene rings is 3. The van der Waals surface area contributed by atoms with E-state index >= 15 is 0 Å². The van der Waals surface area contributed by atoms with Crippen LogP contribution in [0.25, 0.3) is 22.4 Å². The zero-order valence-electron chi connectivity index (χ0n) is 15.9. The largest absolute Gasteiger partial charge is 0.497 e. The van der Waals surface area contributed by atoms with Crippen molar-refractivity contribution in [1.82, 2.24) is 9.55 Å². The Hall–Kier alpha value is -2.98. The van der Waals surface area contributed by atoms with Gasteiger partial charge in [0.15, 0.2) is 0 Å². The highest BCUT2D eigenvalue weighted by molar-refractivity contribution is 6.35. The van der Waals surface area contributed by atoms with Crippen molar-refractivity contribution in [2.45, 2.75) is 19.9 Å². The highest BCUT2D eigenvalue weighted by atomic mass is 35.5. The lowest BCUT2D eigenvalue weighted by Gasteiger charge is -2.10. The fraction of sp³-hybridized carbons (Fsp3) is 0.174. The first-order chi connectivity index (χ1) is 13.7. The number of nitrogens with zero attached hydrogens (tertiary/aromatic N) is 2. The molecule has 0 fully saturated rings. The van der Waals surface area contributed by atoms with Gasteiger partial charge in [0.1, 0.15) is 11.6 Å². The van der Waals surface area contributed by atoms with Crippen molar-refractivity contribution in [3.63, 3.8) is 0 Å². The number of ether oxygens (including phenoxy) is 1. The molecule has 28 heavy (non-hydrogen) atoms. The molecule has 1 heterocycles. The lowest BCUT2D eigenvalue weighted by Crippen LogP contribution is -2.00.